The number of aromatic nitrogens is 3. The number of likely N-dealkylation sites (tertiary alicyclic amines) is 1. The van der Waals surface area contributed by atoms with Gasteiger partial charge in [-0.05, 0) is 12.8 Å². The molecule has 1 atom stereocenters. The average Bonchev–Trinajstić information content (AvgIpc) is 3.31. The number of nitrogens with zero attached hydrogens (tertiary/aromatic N) is 3. The zero-order valence-corrected chi connectivity index (χ0v) is 14.4. The van der Waals surface area contributed by atoms with E-state index < -0.39 is 6.23 Å². The van der Waals surface area contributed by atoms with Crippen molar-refractivity contribution in [3.05, 3.63) is 30.2 Å². The lowest BCUT2D eigenvalue weighted by Gasteiger charge is -2.55. The Kier molecular flexibility index (Phi) is 3.35. The van der Waals surface area contributed by atoms with E-state index in [2.05, 4.69) is 26.8 Å². The van der Waals surface area contributed by atoms with Crippen LogP contribution in [0.1, 0.15) is 30.0 Å². The lowest BCUT2D eigenvalue weighted by atomic mass is 9.78. The standard InChI is InChI=1S/C18H21N5O3/c1-10(21-16(24)17(25)23-6-18(7-23)8-26-9-18)12-4-19-15-14(12)22-13(5-20-15)11-2-3-11/h4-5,11,16,21,24H,1-3,6-9H2,(H,19,20). The zero-order valence-electron chi connectivity index (χ0n) is 14.4. The summed E-state index contributed by atoms with van der Waals surface area (Å²) in [6.07, 6.45) is 4.52. The Morgan fingerprint density at radius 3 is 2.88 bits per heavy atom. The second kappa shape index (κ2) is 5.52. The predicted octanol–water partition coefficient (Wildman–Crippen LogP) is 0.573. The Morgan fingerprint density at radius 1 is 1.46 bits per heavy atom. The number of ether oxygens (including phenoxy) is 1. The Balaban J connectivity index is 1.28. The number of carbonyl (C=O) groups is 1. The Labute approximate surface area is 150 Å². The van der Waals surface area contributed by atoms with E-state index >= 15 is 0 Å². The van der Waals surface area contributed by atoms with Gasteiger partial charge in [0.05, 0.1) is 30.5 Å². The van der Waals surface area contributed by atoms with Crippen molar-refractivity contribution in [3.8, 4) is 0 Å². The molecule has 136 valence electrons. The van der Waals surface area contributed by atoms with Crippen LogP contribution in [0.3, 0.4) is 0 Å². The van der Waals surface area contributed by atoms with E-state index in [0.717, 1.165) is 18.5 Å². The van der Waals surface area contributed by atoms with E-state index in [1.807, 2.05) is 0 Å². The number of hydrogen-bond acceptors (Lipinski definition) is 6. The molecule has 2 aromatic rings. The van der Waals surface area contributed by atoms with Gasteiger partial charge >= 0.3 is 0 Å². The molecule has 1 spiro atoms. The second-order valence-electron chi connectivity index (χ2n) is 7.68. The van der Waals surface area contributed by atoms with Crippen LogP contribution < -0.4 is 5.32 Å². The molecule has 0 bridgehead atoms. The molecule has 0 radical (unpaired) electrons. The van der Waals surface area contributed by atoms with Crippen LogP contribution in [0.25, 0.3) is 16.9 Å². The molecule has 0 aromatic carbocycles. The number of aliphatic hydroxyl groups excluding tert-OH is 1. The number of fused-ring (bicyclic) bond motifs is 1. The first-order chi connectivity index (χ1) is 12.5. The third-order valence-corrected chi connectivity index (χ3v) is 5.45. The SMILES string of the molecule is C=C(NC(O)C(=O)N1CC2(COC2)C1)c1c[nH]c2ncc(C3CC3)nc12. The Morgan fingerprint density at radius 2 is 2.23 bits per heavy atom. The van der Waals surface area contributed by atoms with Crippen LogP contribution in [-0.2, 0) is 9.53 Å². The summed E-state index contributed by atoms with van der Waals surface area (Å²) in [5.74, 6) is 0.158. The molecule has 1 unspecified atom stereocenters. The zero-order chi connectivity index (χ0) is 17.9. The predicted molar refractivity (Wildman–Crippen MR) is 93.9 cm³/mol. The first-order valence-electron chi connectivity index (χ1n) is 8.89. The molecule has 2 saturated heterocycles. The molecule has 5 rings (SSSR count). The van der Waals surface area contributed by atoms with Crippen LogP contribution in [-0.4, -0.2) is 63.4 Å². The van der Waals surface area contributed by atoms with Crippen molar-refractivity contribution in [3.63, 3.8) is 0 Å². The molecule has 8 heteroatoms. The van der Waals surface area contributed by atoms with Gasteiger partial charge in [0.25, 0.3) is 5.91 Å². The van der Waals surface area contributed by atoms with Crippen LogP contribution in [0.15, 0.2) is 19.0 Å². The van der Waals surface area contributed by atoms with Crippen LogP contribution >= 0.6 is 0 Å². The van der Waals surface area contributed by atoms with Gasteiger partial charge in [-0.2, -0.15) is 0 Å². The molecule has 26 heavy (non-hydrogen) atoms. The van der Waals surface area contributed by atoms with Crippen LogP contribution in [0.2, 0.25) is 0 Å². The van der Waals surface area contributed by atoms with Crippen molar-refractivity contribution in [2.24, 2.45) is 5.41 Å². The fourth-order valence-corrected chi connectivity index (χ4v) is 3.68. The van der Waals surface area contributed by atoms with E-state index in [1.54, 1.807) is 17.3 Å². The van der Waals surface area contributed by atoms with Gasteiger partial charge in [-0.1, -0.05) is 6.58 Å². The molecule has 2 aliphatic heterocycles. The largest absolute Gasteiger partial charge is 0.380 e. The van der Waals surface area contributed by atoms with Crippen LogP contribution in [0, 0.1) is 5.41 Å². The van der Waals surface area contributed by atoms with Crippen LogP contribution in [0.4, 0.5) is 0 Å². The number of nitrogens with one attached hydrogen (secondary N) is 2. The third-order valence-electron chi connectivity index (χ3n) is 5.45. The molecule has 3 fully saturated rings. The first-order valence-corrected chi connectivity index (χ1v) is 8.89. The number of carbonyl (C=O) groups excluding carboxylic acids is 1. The van der Waals surface area contributed by atoms with E-state index in [-0.39, 0.29) is 11.3 Å². The summed E-state index contributed by atoms with van der Waals surface area (Å²) < 4.78 is 5.21. The van der Waals surface area contributed by atoms with Crippen molar-refractivity contribution in [2.75, 3.05) is 26.3 Å². The molecular formula is C18H21N5O3. The molecule has 1 amide bonds. The normalized spacial score (nSPS) is 22.0. The maximum Gasteiger partial charge on any atom is 0.272 e. The summed E-state index contributed by atoms with van der Waals surface area (Å²) in [5, 5.41) is 13.1. The van der Waals surface area contributed by atoms with Crippen molar-refractivity contribution < 1.29 is 14.6 Å². The Hall–Kier alpha value is -2.45. The number of aliphatic hydroxyl groups is 1. The van der Waals surface area contributed by atoms with E-state index in [0.29, 0.717) is 54.6 Å². The molecule has 1 saturated carbocycles. The summed E-state index contributed by atoms with van der Waals surface area (Å²) in [6, 6.07) is 0. The quantitative estimate of drug-likeness (QED) is 0.678. The van der Waals surface area contributed by atoms with Crippen molar-refractivity contribution in [1.82, 2.24) is 25.2 Å². The van der Waals surface area contributed by atoms with Gasteiger partial charge in [-0.3, -0.25) is 4.79 Å². The highest BCUT2D eigenvalue weighted by atomic mass is 16.5. The lowest BCUT2D eigenvalue weighted by molar-refractivity contribution is -0.200. The minimum Gasteiger partial charge on any atom is -0.380 e. The minimum absolute atomic E-state index is 0.123. The maximum atomic E-state index is 12.4. The van der Waals surface area contributed by atoms with Gasteiger partial charge in [0.15, 0.2) is 5.65 Å². The van der Waals surface area contributed by atoms with Crippen molar-refractivity contribution in [1.29, 1.82) is 0 Å². The fraction of sp³-hybridized carbons (Fsp3) is 0.500. The highest BCUT2D eigenvalue weighted by molar-refractivity contribution is 5.88. The highest BCUT2D eigenvalue weighted by Crippen LogP contribution is 2.39. The number of H-pyrrole nitrogens is 1. The molecule has 3 aliphatic rings. The number of rotatable bonds is 5. The van der Waals surface area contributed by atoms with E-state index in [1.165, 1.54) is 0 Å². The molecular weight excluding hydrogens is 334 g/mol. The summed E-state index contributed by atoms with van der Waals surface area (Å²) in [4.78, 5) is 26.2. The van der Waals surface area contributed by atoms with E-state index in [9.17, 15) is 9.90 Å². The van der Waals surface area contributed by atoms with Gasteiger partial charge in [-0.15, -0.1) is 0 Å². The van der Waals surface area contributed by atoms with Gasteiger partial charge in [-0.25, -0.2) is 9.97 Å². The van der Waals surface area contributed by atoms with Gasteiger partial charge in [0.2, 0.25) is 6.23 Å². The monoisotopic (exact) mass is 355 g/mol. The summed E-state index contributed by atoms with van der Waals surface area (Å²) >= 11 is 0. The van der Waals surface area contributed by atoms with Gasteiger partial charge in [0, 0.05) is 36.5 Å². The maximum absolute atomic E-state index is 12.4. The molecule has 3 N–H and O–H groups in total. The smallest absolute Gasteiger partial charge is 0.272 e. The first kappa shape index (κ1) is 15.8. The number of amides is 1. The molecule has 4 heterocycles. The topological polar surface area (TPSA) is 103 Å². The molecule has 2 aromatic heterocycles. The van der Waals surface area contributed by atoms with Crippen LogP contribution in [0.5, 0.6) is 0 Å². The number of hydrogen-bond donors (Lipinski definition) is 3. The Bertz CT molecular complexity index is 891. The lowest BCUT2D eigenvalue weighted by Crippen LogP contribution is -2.69. The molecule has 1 aliphatic carbocycles. The fourth-order valence-electron chi connectivity index (χ4n) is 3.68. The third kappa shape index (κ3) is 2.48. The number of aromatic amines is 1. The summed E-state index contributed by atoms with van der Waals surface area (Å²) in [5.41, 5.74) is 3.65. The second-order valence-corrected chi connectivity index (χ2v) is 7.68. The highest BCUT2D eigenvalue weighted by Gasteiger charge is 2.51. The van der Waals surface area contributed by atoms with Gasteiger partial charge < -0.3 is 25.0 Å². The van der Waals surface area contributed by atoms with Crippen molar-refractivity contribution >= 4 is 22.8 Å². The molecule has 8 nitrogen and oxygen atoms in total. The van der Waals surface area contributed by atoms with Gasteiger partial charge in [0.1, 0.15) is 5.52 Å². The van der Waals surface area contributed by atoms with E-state index in [4.69, 9.17) is 4.74 Å². The van der Waals surface area contributed by atoms with Crippen molar-refractivity contribution in [2.45, 2.75) is 25.0 Å². The summed E-state index contributed by atoms with van der Waals surface area (Å²) in [6.45, 7) is 6.65. The minimum atomic E-state index is -1.33. The average molecular weight is 355 g/mol. The summed E-state index contributed by atoms with van der Waals surface area (Å²) in [7, 11) is 0.